The fourth-order valence-electron chi connectivity index (χ4n) is 3.03. The molecule has 3 rings (SSSR count). The highest BCUT2D eigenvalue weighted by Gasteiger charge is 2.24. The van der Waals surface area contributed by atoms with Crippen molar-refractivity contribution in [3.63, 3.8) is 0 Å². The summed E-state index contributed by atoms with van der Waals surface area (Å²) in [7, 11) is 0. The van der Waals surface area contributed by atoms with Crippen molar-refractivity contribution in [2.24, 2.45) is 0 Å². The van der Waals surface area contributed by atoms with E-state index in [2.05, 4.69) is 17.1 Å². The summed E-state index contributed by atoms with van der Waals surface area (Å²) in [5.41, 5.74) is 1.04. The van der Waals surface area contributed by atoms with Gasteiger partial charge in [-0.2, -0.15) is 0 Å². The Balaban J connectivity index is 1.66. The number of nitrogens with zero attached hydrogens (tertiary/aromatic N) is 1. The standard InChI is InChI=1S/C20H23ClN2O2S/c1-15-6-7-16(26-15)8-9-20(24)22-14-19(23-10-12-25-13-11-23)17-4-2-3-5-18(17)21/h2-9,19H,10-14H2,1H3,(H,22,24)/b9-8+. The Labute approximate surface area is 163 Å². The van der Waals surface area contributed by atoms with Gasteiger partial charge in [0.15, 0.2) is 0 Å². The van der Waals surface area contributed by atoms with Crippen molar-refractivity contribution in [2.45, 2.75) is 13.0 Å². The second kappa shape index (κ2) is 9.33. The highest BCUT2D eigenvalue weighted by molar-refractivity contribution is 7.12. The molecule has 1 aliphatic rings. The molecular formula is C20H23ClN2O2S. The second-order valence-electron chi connectivity index (χ2n) is 6.21. The quantitative estimate of drug-likeness (QED) is 0.760. The minimum atomic E-state index is -0.0960. The van der Waals surface area contributed by atoms with Gasteiger partial charge in [0.25, 0.3) is 0 Å². The first-order chi connectivity index (χ1) is 12.6. The van der Waals surface area contributed by atoms with Gasteiger partial charge >= 0.3 is 0 Å². The molecule has 4 nitrogen and oxygen atoms in total. The van der Waals surface area contributed by atoms with E-state index >= 15 is 0 Å². The number of hydrogen-bond acceptors (Lipinski definition) is 4. The van der Waals surface area contributed by atoms with Crippen LogP contribution in [0.5, 0.6) is 0 Å². The molecule has 1 atom stereocenters. The Morgan fingerprint density at radius 2 is 2.08 bits per heavy atom. The van der Waals surface area contributed by atoms with Gasteiger partial charge in [-0.1, -0.05) is 29.8 Å². The van der Waals surface area contributed by atoms with Crippen molar-refractivity contribution < 1.29 is 9.53 Å². The SMILES string of the molecule is Cc1ccc(/C=C/C(=O)NCC(c2ccccc2Cl)N2CCOCC2)s1. The van der Waals surface area contributed by atoms with E-state index in [1.54, 1.807) is 17.4 Å². The van der Waals surface area contributed by atoms with Crippen LogP contribution in [0.15, 0.2) is 42.5 Å². The number of rotatable bonds is 6. The van der Waals surface area contributed by atoms with E-state index in [1.807, 2.05) is 42.5 Å². The van der Waals surface area contributed by atoms with Crippen LogP contribution >= 0.6 is 22.9 Å². The summed E-state index contributed by atoms with van der Waals surface area (Å²) in [6.07, 6.45) is 3.44. The zero-order valence-corrected chi connectivity index (χ0v) is 16.4. The van der Waals surface area contributed by atoms with E-state index in [0.717, 1.165) is 28.6 Å². The number of halogens is 1. The molecule has 2 aromatic rings. The van der Waals surface area contributed by atoms with Gasteiger partial charge in [-0.15, -0.1) is 11.3 Å². The molecule has 2 heterocycles. The van der Waals surface area contributed by atoms with Crippen molar-refractivity contribution in [3.05, 3.63) is 62.8 Å². The van der Waals surface area contributed by atoms with Gasteiger partial charge in [0.05, 0.1) is 19.3 Å². The maximum absolute atomic E-state index is 12.3. The van der Waals surface area contributed by atoms with E-state index in [-0.39, 0.29) is 11.9 Å². The number of nitrogens with one attached hydrogen (secondary N) is 1. The van der Waals surface area contributed by atoms with E-state index in [4.69, 9.17) is 16.3 Å². The van der Waals surface area contributed by atoms with Crippen LogP contribution in [0.25, 0.3) is 6.08 Å². The maximum atomic E-state index is 12.3. The first-order valence-corrected chi connectivity index (χ1v) is 9.91. The Hall–Kier alpha value is -1.66. The Morgan fingerprint density at radius 3 is 2.77 bits per heavy atom. The number of thiophene rings is 1. The number of benzene rings is 1. The minimum Gasteiger partial charge on any atom is -0.379 e. The lowest BCUT2D eigenvalue weighted by Crippen LogP contribution is -2.43. The molecule has 138 valence electrons. The summed E-state index contributed by atoms with van der Waals surface area (Å²) in [5, 5.41) is 3.75. The molecule has 26 heavy (non-hydrogen) atoms. The lowest BCUT2D eigenvalue weighted by Gasteiger charge is -2.35. The highest BCUT2D eigenvalue weighted by atomic mass is 35.5. The fourth-order valence-corrected chi connectivity index (χ4v) is 4.07. The number of aryl methyl sites for hydroxylation is 1. The average Bonchev–Trinajstić information content (AvgIpc) is 3.08. The molecule has 0 radical (unpaired) electrons. The minimum absolute atomic E-state index is 0.0360. The number of amides is 1. The van der Waals surface area contributed by atoms with Crippen LogP contribution in [-0.4, -0.2) is 43.7 Å². The molecule has 0 bridgehead atoms. The van der Waals surface area contributed by atoms with Crippen molar-refractivity contribution in [1.29, 1.82) is 0 Å². The molecule has 1 aliphatic heterocycles. The van der Waals surface area contributed by atoms with E-state index in [9.17, 15) is 4.79 Å². The third-order valence-corrected chi connectivity index (χ3v) is 5.69. The number of ether oxygens (including phenoxy) is 1. The molecule has 1 N–H and O–H groups in total. The number of morpholine rings is 1. The Morgan fingerprint density at radius 1 is 1.31 bits per heavy atom. The average molecular weight is 391 g/mol. The summed E-state index contributed by atoms with van der Waals surface area (Å²) in [6, 6.07) is 11.9. The molecule has 1 fully saturated rings. The van der Waals surface area contributed by atoms with E-state index < -0.39 is 0 Å². The largest absolute Gasteiger partial charge is 0.379 e. The van der Waals surface area contributed by atoms with Gasteiger partial charge in [-0.25, -0.2) is 0 Å². The first-order valence-electron chi connectivity index (χ1n) is 8.72. The van der Waals surface area contributed by atoms with Gasteiger partial charge in [0, 0.05) is 40.5 Å². The Bertz CT molecular complexity index is 769. The molecule has 1 unspecified atom stereocenters. The predicted molar refractivity (Wildman–Crippen MR) is 108 cm³/mol. The maximum Gasteiger partial charge on any atom is 0.244 e. The molecule has 0 aliphatic carbocycles. The fraction of sp³-hybridized carbons (Fsp3) is 0.350. The van der Waals surface area contributed by atoms with E-state index in [0.29, 0.717) is 19.8 Å². The zero-order chi connectivity index (χ0) is 18.4. The van der Waals surface area contributed by atoms with Crippen molar-refractivity contribution in [2.75, 3.05) is 32.8 Å². The van der Waals surface area contributed by atoms with Crippen molar-refractivity contribution in [3.8, 4) is 0 Å². The van der Waals surface area contributed by atoms with Crippen molar-refractivity contribution in [1.82, 2.24) is 10.2 Å². The zero-order valence-electron chi connectivity index (χ0n) is 14.8. The molecular weight excluding hydrogens is 368 g/mol. The van der Waals surface area contributed by atoms with Gasteiger partial charge < -0.3 is 10.1 Å². The number of carbonyl (C=O) groups excluding carboxylic acids is 1. The lowest BCUT2D eigenvalue weighted by molar-refractivity contribution is -0.116. The molecule has 0 saturated carbocycles. The first kappa shape index (κ1) is 19.1. The molecule has 1 amide bonds. The predicted octanol–water partition coefficient (Wildman–Crippen LogP) is 3.91. The monoisotopic (exact) mass is 390 g/mol. The molecule has 1 aromatic carbocycles. The van der Waals surface area contributed by atoms with Crippen LogP contribution in [0.3, 0.4) is 0 Å². The van der Waals surface area contributed by atoms with Gasteiger partial charge in [0.2, 0.25) is 5.91 Å². The van der Waals surface area contributed by atoms with Crippen LogP contribution in [0.1, 0.15) is 21.4 Å². The van der Waals surface area contributed by atoms with Gasteiger partial charge in [-0.3, -0.25) is 9.69 Å². The third-order valence-electron chi connectivity index (χ3n) is 4.38. The van der Waals surface area contributed by atoms with Crippen LogP contribution in [-0.2, 0) is 9.53 Å². The van der Waals surface area contributed by atoms with Crippen LogP contribution < -0.4 is 5.32 Å². The summed E-state index contributed by atoms with van der Waals surface area (Å²) >= 11 is 8.08. The molecule has 0 spiro atoms. The van der Waals surface area contributed by atoms with E-state index in [1.165, 1.54) is 4.88 Å². The van der Waals surface area contributed by atoms with Crippen LogP contribution in [0.4, 0.5) is 0 Å². The Kier molecular flexibility index (Phi) is 6.86. The third kappa shape index (κ3) is 5.17. The normalized spacial score (nSPS) is 16.7. The van der Waals surface area contributed by atoms with Crippen LogP contribution in [0, 0.1) is 6.92 Å². The van der Waals surface area contributed by atoms with Gasteiger partial charge in [-0.05, 0) is 36.8 Å². The lowest BCUT2D eigenvalue weighted by atomic mass is 10.0. The second-order valence-corrected chi connectivity index (χ2v) is 7.94. The topological polar surface area (TPSA) is 41.6 Å². The molecule has 1 saturated heterocycles. The summed E-state index contributed by atoms with van der Waals surface area (Å²) < 4.78 is 5.46. The van der Waals surface area contributed by atoms with Crippen LogP contribution in [0.2, 0.25) is 5.02 Å². The smallest absolute Gasteiger partial charge is 0.244 e. The van der Waals surface area contributed by atoms with Gasteiger partial charge in [0.1, 0.15) is 0 Å². The summed E-state index contributed by atoms with van der Waals surface area (Å²) in [5.74, 6) is -0.0960. The summed E-state index contributed by atoms with van der Waals surface area (Å²) in [4.78, 5) is 16.9. The molecule has 1 aromatic heterocycles. The number of hydrogen-bond donors (Lipinski definition) is 1. The highest BCUT2D eigenvalue weighted by Crippen LogP contribution is 2.27. The van der Waals surface area contributed by atoms with Crippen molar-refractivity contribution >= 4 is 34.9 Å². The number of carbonyl (C=O) groups is 1. The molecule has 6 heteroatoms. The summed E-state index contributed by atoms with van der Waals surface area (Å²) in [6.45, 7) is 5.63.